The minimum Gasteiger partial charge on any atom is -0.497 e. The van der Waals surface area contributed by atoms with Crippen LogP contribution in [0.4, 0.5) is 0 Å². The Morgan fingerprint density at radius 3 is 2.33 bits per heavy atom. The molecule has 5 aromatic rings. The van der Waals surface area contributed by atoms with E-state index in [9.17, 15) is 13.2 Å². The molecule has 0 aliphatic rings. The summed E-state index contributed by atoms with van der Waals surface area (Å²) in [5.41, 5.74) is 2.55. The number of sulfone groups is 1. The fourth-order valence-electron chi connectivity index (χ4n) is 4.19. The SMILES string of the molecule is COc1ccc(Cn2c(=N)c(S(=O)(=O)c3ccc(C)cc3)cc3c(=O)n4cccc(C)c4nc32)cc1. The van der Waals surface area contributed by atoms with Crippen LogP contribution in [-0.2, 0) is 16.4 Å². The number of hydrogen-bond acceptors (Lipinski definition) is 6. The molecular weight excluding hydrogens is 476 g/mol. The lowest BCUT2D eigenvalue weighted by molar-refractivity contribution is 0.414. The highest BCUT2D eigenvalue weighted by atomic mass is 32.2. The van der Waals surface area contributed by atoms with E-state index < -0.39 is 15.4 Å². The van der Waals surface area contributed by atoms with Gasteiger partial charge in [0, 0.05) is 6.20 Å². The summed E-state index contributed by atoms with van der Waals surface area (Å²) >= 11 is 0. The summed E-state index contributed by atoms with van der Waals surface area (Å²) in [5, 5.41) is 9.06. The van der Waals surface area contributed by atoms with Crippen molar-refractivity contribution in [3.8, 4) is 5.75 Å². The molecule has 2 aromatic carbocycles. The number of nitrogens with zero attached hydrogens (tertiary/aromatic N) is 3. The number of hydrogen-bond donors (Lipinski definition) is 1. The highest BCUT2D eigenvalue weighted by Gasteiger charge is 2.24. The van der Waals surface area contributed by atoms with E-state index >= 15 is 0 Å². The second kappa shape index (κ2) is 8.76. The van der Waals surface area contributed by atoms with E-state index in [1.54, 1.807) is 43.6 Å². The van der Waals surface area contributed by atoms with Gasteiger partial charge in [-0.05, 0) is 61.4 Å². The van der Waals surface area contributed by atoms with Crippen LogP contribution in [0.25, 0.3) is 16.7 Å². The predicted molar refractivity (Wildman–Crippen MR) is 136 cm³/mol. The fourth-order valence-corrected chi connectivity index (χ4v) is 5.57. The molecule has 0 amide bonds. The van der Waals surface area contributed by atoms with Gasteiger partial charge in [0.1, 0.15) is 27.4 Å². The molecule has 0 aliphatic carbocycles. The van der Waals surface area contributed by atoms with Crippen molar-refractivity contribution in [1.29, 1.82) is 5.41 Å². The number of benzene rings is 2. The molecule has 3 heterocycles. The van der Waals surface area contributed by atoms with Gasteiger partial charge in [0.15, 0.2) is 0 Å². The molecule has 0 saturated heterocycles. The third-order valence-corrected chi connectivity index (χ3v) is 8.00. The second-order valence-corrected chi connectivity index (χ2v) is 10.6. The topological polar surface area (TPSA) is 107 Å². The maximum Gasteiger partial charge on any atom is 0.267 e. The zero-order chi connectivity index (χ0) is 25.6. The van der Waals surface area contributed by atoms with Gasteiger partial charge in [-0.15, -0.1) is 0 Å². The summed E-state index contributed by atoms with van der Waals surface area (Å²) in [6.07, 6.45) is 1.60. The Morgan fingerprint density at radius 2 is 1.67 bits per heavy atom. The maximum atomic E-state index is 13.6. The second-order valence-electron chi connectivity index (χ2n) is 8.65. The summed E-state index contributed by atoms with van der Waals surface area (Å²) < 4.78 is 35.4. The van der Waals surface area contributed by atoms with Crippen molar-refractivity contribution in [2.45, 2.75) is 30.2 Å². The van der Waals surface area contributed by atoms with E-state index in [0.717, 1.165) is 16.7 Å². The first-order chi connectivity index (χ1) is 17.2. The number of nitrogens with one attached hydrogen (secondary N) is 1. The van der Waals surface area contributed by atoms with Crippen LogP contribution in [0.5, 0.6) is 5.75 Å². The monoisotopic (exact) mass is 500 g/mol. The number of methoxy groups -OCH3 is 1. The lowest BCUT2D eigenvalue weighted by atomic mass is 10.2. The van der Waals surface area contributed by atoms with Crippen molar-refractivity contribution < 1.29 is 13.2 Å². The van der Waals surface area contributed by atoms with Gasteiger partial charge in [-0.2, -0.15) is 0 Å². The number of rotatable bonds is 5. The summed E-state index contributed by atoms with van der Waals surface area (Å²) in [6, 6.07) is 18.5. The molecule has 0 saturated carbocycles. The Balaban J connectivity index is 1.85. The van der Waals surface area contributed by atoms with E-state index in [0.29, 0.717) is 11.4 Å². The predicted octanol–water partition coefficient (Wildman–Crippen LogP) is 3.64. The zero-order valence-electron chi connectivity index (χ0n) is 20.0. The molecule has 36 heavy (non-hydrogen) atoms. The van der Waals surface area contributed by atoms with Crippen LogP contribution >= 0.6 is 0 Å². The molecule has 0 unspecified atom stereocenters. The van der Waals surface area contributed by atoms with Gasteiger partial charge in [-0.3, -0.25) is 14.6 Å². The molecule has 0 fully saturated rings. The molecule has 9 heteroatoms. The van der Waals surface area contributed by atoms with Crippen molar-refractivity contribution >= 4 is 26.5 Å². The molecule has 5 rings (SSSR count). The van der Waals surface area contributed by atoms with Crippen LogP contribution in [0.1, 0.15) is 16.7 Å². The summed E-state index contributed by atoms with van der Waals surface area (Å²) in [7, 11) is -2.51. The number of fused-ring (bicyclic) bond motifs is 2. The Hall–Kier alpha value is -4.24. The minimum atomic E-state index is -4.09. The lowest BCUT2D eigenvalue weighted by Crippen LogP contribution is -2.30. The Labute approximate surface area is 207 Å². The molecular formula is C27H24N4O4S. The Bertz CT molecular complexity index is 1850. The zero-order valence-corrected chi connectivity index (χ0v) is 20.8. The number of aryl methyl sites for hydroxylation is 2. The van der Waals surface area contributed by atoms with Gasteiger partial charge in [0.25, 0.3) is 5.56 Å². The highest BCUT2D eigenvalue weighted by molar-refractivity contribution is 7.91. The molecule has 1 N–H and O–H groups in total. The van der Waals surface area contributed by atoms with Crippen LogP contribution in [0.15, 0.2) is 87.5 Å². The smallest absolute Gasteiger partial charge is 0.267 e. The standard InChI is InChI=1S/C27H24N4O4S/c1-17-6-12-21(13-7-17)36(33,34)23-15-22-26(29-25-18(2)5-4-14-30(25)27(22)32)31(24(23)28)16-19-8-10-20(35-3)11-9-19/h4-15,28H,16H2,1-3H3. The van der Waals surface area contributed by atoms with Crippen LogP contribution in [-0.4, -0.2) is 29.5 Å². The highest BCUT2D eigenvalue weighted by Crippen LogP contribution is 2.22. The van der Waals surface area contributed by atoms with Gasteiger partial charge in [0.05, 0.1) is 23.9 Å². The van der Waals surface area contributed by atoms with E-state index in [-0.39, 0.29) is 32.9 Å². The maximum absolute atomic E-state index is 13.6. The lowest BCUT2D eigenvalue weighted by Gasteiger charge is -2.16. The van der Waals surface area contributed by atoms with Gasteiger partial charge >= 0.3 is 0 Å². The number of pyridine rings is 2. The van der Waals surface area contributed by atoms with E-state index in [4.69, 9.17) is 15.1 Å². The molecule has 0 atom stereocenters. The van der Waals surface area contributed by atoms with Gasteiger partial charge in [-0.1, -0.05) is 35.9 Å². The first-order valence-electron chi connectivity index (χ1n) is 11.3. The first kappa shape index (κ1) is 23.5. The van der Waals surface area contributed by atoms with Crippen molar-refractivity contribution in [2.75, 3.05) is 7.11 Å². The summed E-state index contributed by atoms with van der Waals surface area (Å²) in [4.78, 5) is 18.1. The molecule has 0 aliphatic heterocycles. The van der Waals surface area contributed by atoms with Crippen molar-refractivity contribution in [3.05, 3.63) is 105 Å². The van der Waals surface area contributed by atoms with Crippen molar-refractivity contribution in [3.63, 3.8) is 0 Å². The van der Waals surface area contributed by atoms with Crippen LogP contribution in [0.3, 0.4) is 0 Å². The quantitative estimate of drug-likeness (QED) is 0.371. The Morgan fingerprint density at radius 1 is 0.972 bits per heavy atom. The summed E-state index contributed by atoms with van der Waals surface area (Å²) in [6.45, 7) is 3.86. The largest absolute Gasteiger partial charge is 0.497 e. The molecule has 0 bridgehead atoms. The van der Waals surface area contributed by atoms with Gasteiger partial charge in [0.2, 0.25) is 9.84 Å². The van der Waals surface area contributed by atoms with Crippen LogP contribution < -0.4 is 15.8 Å². The van der Waals surface area contributed by atoms with Gasteiger partial charge in [-0.25, -0.2) is 13.4 Å². The first-order valence-corrected chi connectivity index (χ1v) is 12.7. The number of aromatic nitrogens is 3. The van der Waals surface area contributed by atoms with E-state index in [2.05, 4.69) is 0 Å². The molecule has 8 nitrogen and oxygen atoms in total. The molecule has 0 radical (unpaired) electrons. The molecule has 182 valence electrons. The normalized spacial score (nSPS) is 11.8. The molecule has 0 spiro atoms. The average molecular weight is 501 g/mol. The van der Waals surface area contributed by atoms with Crippen LogP contribution in [0, 0.1) is 19.3 Å². The van der Waals surface area contributed by atoms with E-state index in [1.807, 2.05) is 32.0 Å². The third-order valence-electron chi connectivity index (χ3n) is 6.22. The van der Waals surface area contributed by atoms with Crippen molar-refractivity contribution in [1.82, 2.24) is 14.0 Å². The summed E-state index contributed by atoms with van der Waals surface area (Å²) in [5.74, 6) is 0.674. The Kier molecular flexibility index (Phi) is 5.72. The van der Waals surface area contributed by atoms with Gasteiger partial charge < -0.3 is 9.30 Å². The third kappa shape index (κ3) is 3.87. The van der Waals surface area contributed by atoms with Crippen molar-refractivity contribution in [2.24, 2.45) is 0 Å². The molecule has 3 aromatic heterocycles. The van der Waals surface area contributed by atoms with E-state index in [1.165, 1.54) is 27.2 Å². The number of ether oxygens (including phenoxy) is 1. The minimum absolute atomic E-state index is 0.0571. The van der Waals surface area contributed by atoms with Crippen LogP contribution in [0.2, 0.25) is 0 Å². The average Bonchev–Trinajstić information content (AvgIpc) is 2.87. The fraction of sp³-hybridized carbons (Fsp3) is 0.148.